The number of nitrogens with two attached hydrogens (primary N) is 1. The number of ether oxygens (including phenoxy) is 2. The molecule has 1 aromatic rings. The highest BCUT2D eigenvalue weighted by Gasteiger charge is 2.16. The molecule has 0 aromatic heterocycles. The summed E-state index contributed by atoms with van der Waals surface area (Å²) in [6, 6.07) is 2.69. The molecule has 0 saturated carbocycles. The Kier molecular flexibility index (Phi) is 3.24. The summed E-state index contributed by atoms with van der Waals surface area (Å²) < 4.78 is 23.1. The third-order valence-corrected chi connectivity index (χ3v) is 1.95. The van der Waals surface area contributed by atoms with Crippen molar-refractivity contribution in [3.8, 4) is 11.5 Å². The van der Waals surface area contributed by atoms with Gasteiger partial charge in [0.15, 0.2) is 11.6 Å². The highest BCUT2D eigenvalue weighted by molar-refractivity contribution is 7.80. The minimum atomic E-state index is -0.517. The highest BCUT2D eigenvalue weighted by Crippen LogP contribution is 2.30. The monoisotopic (exact) mass is 215 g/mol. The zero-order valence-corrected chi connectivity index (χ0v) is 8.65. The molecule has 0 spiro atoms. The van der Waals surface area contributed by atoms with Gasteiger partial charge in [0, 0.05) is 0 Å². The van der Waals surface area contributed by atoms with Crippen LogP contribution in [0.4, 0.5) is 4.39 Å². The number of methoxy groups -OCH3 is 2. The largest absolute Gasteiger partial charge is 0.496 e. The predicted molar refractivity (Wildman–Crippen MR) is 55.4 cm³/mol. The Morgan fingerprint density at radius 2 is 2.00 bits per heavy atom. The van der Waals surface area contributed by atoms with Crippen LogP contribution in [0.2, 0.25) is 0 Å². The van der Waals surface area contributed by atoms with Gasteiger partial charge in [0.25, 0.3) is 0 Å². The molecule has 0 aliphatic rings. The first-order valence-electron chi connectivity index (χ1n) is 3.82. The summed E-state index contributed by atoms with van der Waals surface area (Å²) in [7, 11) is 2.80. The zero-order valence-electron chi connectivity index (χ0n) is 7.83. The Hall–Kier alpha value is -1.36. The molecule has 76 valence electrons. The molecule has 5 heteroatoms. The molecule has 0 aliphatic heterocycles. The fraction of sp³-hybridized carbons (Fsp3) is 0.222. The lowest BCUT2D eigenvalue weighted by Crippen LogP contribution is -2.13. The molecule has 1 rings (SSSR count). The van der Waals surface area contributed by atoms with Gasteiger partial charge in [-0.2, -0.15) is 0 Å². The molecule has 0 unspecified atom stereocenters. The first-order valence-corrected chi connectivity index (χ1v) is 4.23. The molecule has 0 radical (unpaired) electrons. The van der Waals surface area contributed by atoms with Crippen molar-refractivity contribution in [1.29, 1.82) is 0 Å². The number of rotatable bonds is 3. The number of thiocarbonyl (C=S) groups is 1. The van der Waals surface area contributed by atoms with Crippen molar-refractivity contribution >= 4 is 17.2 Å². The van der Waals surface area contributed by atoms with Crippen LogP contribution in [0.1, 0.15) is 5.56 Å². The van der Waals surface area contributed by atoms with Gasteiger partial charge >= 0.3 is 0 Å². The lowest BCUT2D eigenvalue weighted by molar-refractivity contribution is 0.372. The van der Waals surface area contributed by atoms with Crippen LogP contribution < -0.4 is 15.2 Å². The number of hydrogen-bond donors (Lipinski definition) is 1. The lowest BCUT2D eigenvalue weighted by Gasteiger charge is -2.12. The fourth-order valence-electron chi connectivity index (χ4n) is 1.14. The molecule has 0 heterocycles. The molecule has 14 heavy (non-hydrogen) atoms. The lowest BCUT2D eigenvalue weighted by atomic mass is 10.1. The van der Waals surface area contributed by atoms with E-state index in [1.165, 1.54) is 26.4 Å². The van der Waals surface area contributed by atoms with E-state index in [9.17, 15) is 4.39 Å². The van der Waals surface area contributed by atoms with Crippen molar-refractivity contribution in [2.75, 3.05) is 14.2 Å². The van der Waals surface area contributed by atoms with Crippen molar-refractivity contribution in [3.05, 3.63) is 23.5 Å². The average molecular weight is 215 g/mol. The van der Waals surface area contributed by atoms with Gasteiger partial charge in [-0.05, 0) is 12.1 Å². The Labute approximate surface area is 86.6 Å². The smallest absolute Gasteiger partial charge is 0.168 e. The Bertz CT molecular complexity index is 368. The van der Waals surface area contributed by atoms with E-state index in [1.807, 2.05) is 0 Å². The zero-order chi connectivity index (χ0) is 10.7. The maximum Gasteiger partial charge on any atom is 0.168 e. The van der Waals surface area contributed by atoms with E-state index in [4.69, 9.17) is 27.4 Å². The SMILES string of the molecule is COc1ccc(F)c(OC)c1C(N)=S. The van der Waals surface area contributed by atoms with Gasteiger partial charge in [-0.3, -0.25) is 0 Å². The van der Waals surface area contributed by atoms with Crippen LogP contribution >= 0.6 is 12.2 Å². The van der Waals surface area contributed by atoms with E-state index in [0.29, 0.717) is 5.75 Å². The van der Waals surface area contributed by atoms with Gasteiger partial charge in [-0.15, -0.1) is 0 Å². The van der Waals surface area contributed by atoms with Crippen LogP contribution in [0.5, 0.6) is 11.5 Å². The molecule has 0 bridgehead atoms. The average Bonchev–Trinajstić information content (AvgIpc) is 2.17. The van der Waals surface area contributed by atoms with Crippen LogP contribution in [-0.4, -0.2) is 19.2 Å². The first-order chi connectivity index (χ1) is 6.61. The van der Waals surface area contributed by atoms with E-state index in [-0.39, 0.29) is 16.3 Å². The van der Waals surface area contributed by atoms with Crippen LogP contribution in [0.15, 0.2) is 12.1 Å². The minimum Gasteiger partial charge on any atom is -0.496 e. The quantitative estimate of drug-likeness (QED) is 0.776. The molecule has 0 aliphatic carbocycles. The van der Waals surface area contributed by atoms with Gasteiger partial charge in [0.05, 0.1) is 19.8 Å². The van der Waals surface area contributed by atoms with Crippen molar-refractivity contribution in [2.24, 2.45) is 5.73 Å². The summed E-state index contributed by atoms with van der Waals surface area (Å²) in [4.78, 5) is 0.0400. The third kappa shape index (κ3) is 1.77. The summed E-state index contributed by atoms with van der Waals surface area (Å²) in [5, 5.41) is 0. The minimum absolute atomic E-state index is 0.0110. The molecular weight excluding hydrogens is 205 g/mol. The first kappa shape index (κ1) is 10.7. The van der Waals surface area contributed by atoms with Gasteiger partial charge in [0.2, 0.25) is 0 Å². The second-order valence-corrected chi connectivity index (χ2v) is 2.96. The van der Waals surface area contributed by atoms with Gasteiger partial charge in [-0.1, -0.05) is 12.2 Å². The van der Waals surface area contributed by atoms with Crippen LogP contribution in [-0.2, 0) is 0 Å². The summed E-state index contributed by atoms with van der Waals surface area (Å²) in [6.07, 6.45) is 0. The third-order valence-electron chi connectivity index (χ3n) is 1.74. The van der Waals surface area contributed by atoms with E-state index in [1.54, 1.807) is 0 Å². The maximum absolute atomic E-state index is 13.2. The molecule has 0 amide bonds. The van der Waals surface area contributed by atoms with E-state index in [0.717, 1.165) is 0 Å². The maximum atomic E-state index is 13.2. The van der Waals surface area contributed by atoms with Gasteiger partial charge in [0.1, 0.15) is 10.7 Å². The summed E-state index contributed by atoms with van der Waals surface area (Å²) in [6.45, 7) is 0. The summed E-state index contributed by atoms with van der Waals surface area (Å²) >= 11 is 4.78. The fourth-order valence-corrected chi connectivity index (χ4v) is 1.34. The van der Waals surface area contributed by atoms with Crippen LogP contribution in [0, 0.1) is 5.82 Å². The van der Waals surface area contributed by atoms with Gasteiger partial charge in [-0.25, -0.2) is 4.39 Å². The molecule has 0 saturated heterocycles. The molecule has 1 aromatic carbocycles. The van der Waals surface area contributed by atoms with Gasteiger partial charge < -0.3 is 15.2 Å². The normalized spacial score (nSPS) is 9.64. The standard InChI is InChI=1S/C9H10FNO2S/c1-12-6-4-3-5(10)8(13-2)7(6)9(11)14/h3-4H,1-2H3,(H2,11,14). The number of benzene rings is 1. The highest BCUT2D eigenvalue weighted by atomic mass is 32.1. The molecular formula is C9H10FNO2S. The molecule has 3 nitrogen and oxygen atoms in total. The van der Waals surface area contributed by atoms with Crippen molar-refractivity contribution in [1.82, 2.24) is 0 Å². The number of hydrogen-bond acceptors (Lipinski definition) is 3. The van der Waals surface area contributed by atoms with E-state index >= 15 is 0 Å². The van der Waals surface area contributed by atoms with Crippen LogP contribution in [0.3, 0.4) is 0 Å². The summed E-state index contributed by atoms with van der Waals surface area (Å²) in [5.74, 6) is -0.108. The second kappa shape index (κ2) is 4.23. The molecule has 2 N–H and O–H groups in total. The van der Waals surface area contributed by atoms with E-state index in [2.05, 4.69) is 0 Å². The van der Waals surface area contributed by atoms with E-state index < -0.39 is 5.82 Å². The Morgan fingerprint density at radius 1 is 1.36 bits per heavy atom. The second-order valence-electron chi connectivity index (χ2n) is 2.52. The molecule has 0 atom stereocenters. The predicted octanol–water partition coefficient (Wildman–Crippen LogP) is 1.48. The van der Waals surface area contributed by atoms with Crippen molar-refractivity contribution < 1.29 is 13.9 Å². The number of halogens is 1. The van der Waals surface area contributed by atoms with Crippen molar-refractivity contribution in [3.63, 3.8) is 0 Å². The topological polar surface area (TPSA) is 44.5 Å². The van der Waals surface area contributed by atoms with Crippen LogP contribution in [0.25, 0.3) is 0 Å². The Balaban J connectivity index is 3.43. The Morgan fingerprint density at radius 3 is 2.43 bits per heavy atom. The van der Waals surface area contributed by atoms with Crippen molar-refractivity contribution in [2.45, 2.75) is 0 Å². The molecule has 0 fully saturated rings. The summed E-state index contributed by atoms with van der Waals surface area (Å²) in [5.41, 5.74) is 5.72.